The van der Waals surface area contributed by atoms with Gasteiger partial charge in [-0.15, -0.1) is 0 Å². The molecular weight excluding hydrogens is 204 g/mol. The Bertz CT molecular complexity index is 348. The summed E-state index contributed by atoms with van der Waals surface area (Å²) in [6.45, 7) is 4.39. The Kier molecular flexibility index (Phi) is 3.29. The minimum Gasteiger partial charge on any atom is -0.467 e. The van der Waals surface area contributed by atoms with Gasteiger partial charge in [-0.1, -0.05) is 6.92 Å². The molecule has 0 bridgehead atoms. The fourth-order valence-electron chi connectivity index (χ4n) is 2.14. The van der Waals surface area contributed by atoms with Crippen LogP contribution in [-0.4, -0.2) is 30.9 Å². The molecule has 4 nitrogen and oxygen atoms in total. The topological polar surface area (TPSA) is 45.5 Å². The van der Waals surface area contributed by atoms with Crippen molar-refractivity contribution in [3.05, 3.63) is 24.2 Å². The van der Waals surface area contributed by atoms with E-state index in [2.05, 4.69) is 12.2 Å². The van der Waals surface area contributed by atoms with Crippen molar-refractivity contribution in [3.8, 4) is 0 Å². The first-order valence-electron chi connectivity index (χ1n) is 5.66. The largest absolute Gasteiger partial charge is 0.467 e. The second-order valence-electron chi connectivity index (χ2n) is 4.52. The lowest BCUT2D eigenvalue weighted by Gasteiger charge is -2.21. The highest BCUT2D eigenvalue weighted by Gasteiger charge is 2.31. The number of nitrogens with zero attached hydrogens (tertiary/aromatic N) is 1. The predicted octanol–water partition coefficient (Wildman–Crippen LogP) is 1.09. The molecule has 1 N–H and O–H groups in total. The third kappa shape index (κ3) is 2.27. The summed E-state index contributed by atoms with van der Waals surface area (Å²) in [5, 5.41) is 3.25. The van der Waals surface area contributed by atoms with Gasteiger partial charge in [0.05, 0.1) is 18.7 Å². The molecule has 16 heavy (non-hydrogen) atoms. The normalized spacial score (nSPS) is 24.6. The fraction of sp³-hybridized carbons (Fsp3) is 0.583. The summed E-state index contributed by atoms with van der Waals surface area (Å²) in [4.78, 5) is 13.9. The number of amides is 1. The maximum Gasteiger partial charge on any atom is 0.227 e. The van der Waals surface area contributed by atoms with Crippen LogP contribution in [-0.2, 0) is 11.3 Å². The molecule has 4 heteroatoms. The Morgan fingerprint density at radius 1 is 1.62 bits per heavy atom. The molecule has 0 aliphatic carbocycles. The maximum atomic E-state index is 12.1. The van der Waals surface area contributed by atoms with Crippen molar-refractivity contribution < 1.29 is 9.21 Å². The van der Waals surface area contributed by atoms with Crippen molar-refractivity contribution in [2.75, 3.05) is 20.1 Å². The van der Waals surface area contributed by atoms with Crippen LogP contribution in [0.3, 0.4) is 0 Å². The van der Waals surface area contributed by atoms with Crippen molar-refractivity contribution in [1.82, 2.24) is 10.2 Å². The Hall–Kier alpha value is -1.29. The Morgan fingerprint density at radius 3 is 3.00 bits per heavy atom. The Morgan fingerprint density at radius 2 is 2.44 bits per heavy atom. The number of hydrogen-bond acceptors (Lipinski definition) is 3. The van der Waals surface area contributed by atoms with Crippen LogP contribution in [0.5, 0.6) is 0 Å². The first kappa shape index (κ1) is 11.2. The SMILES string of the molecule is C[C@@H]1CNC[C@H]1C(=O)N(C)Cc1ccco1. The van der Waals surface area contributed by atoms with Gasteiger partial charge >= 0.3 is 0 Å². The molecule has 2 rings (SSSR count). The number of rotatable bonds is 3. The van der Waals surface area contributed by atoms with E-state index in [0.29, 0.717) is 12.5 Å². The van der Waals surface area contributed by atoms with Crippen molar-refractivity contribution in [1.29, 1.82) is 0 Å². The molecule has 1 aliphatic rings. The molecule has 0 radical (unpaired) electrons. The highest BCUT2D eigenvalue weighted by molar-refractivity contribution is 5.79. The maximum absolute atomic E-state index is 12.1. The molecule has 0 aromatic carbocycles. The van der Waals surface area contributed by atoms with Crippen LogP contribution in [0.25, 0.3) is 0 Å². The number of hydrogen-bond donors (Lipinski definition) is 1. The predicted molar refractivity (Wildman–Crippen MR) is 60.7 cm³/mol. The van der Waals surface area contributed by atoms with Gasteiger partial charge in [-0.05, 0) is 24.6 Å². The minimum absolute atomic E-state index is 0.111. The fourth-order valence-corrected chi connectivity index (χ4v) is 2.14. The van der Waals surface area contributed by atoms with Crippen LogP contribution in [0.1, 0.15) is 12.7 Å². The van der Waals surface area contributed by atoms with Gasteiger partial charge in [-0.3, -0.25) is 4.79 Å². The van der Waals surface area contributed by atoms with Gasteiger partial charge in [-0.25, -0.2) is 0 Å². The molecule has 1 aromatic heterocycles. The van der Waals surface area contributed by atoms with E-state index >= 15 is 0 Å². The number of nitrogens with one attached hydrogen (secondary N) is 1. The molecule has 1 aliphatic heterocycles. The van der Waals surface area contributed by atoms with Gasteiger partial charge in [0, 0.05) is 13.6 Å². The molecule has 1 fully saturated rings. The quantitative estimate of drug-likeness (QED) is 0.832. The average Bonchev–Trinajstić information content (AvgIpc) is 2.88. The van der Waals surface area contributed by atoms with E-state index in [1.54, 1.807) is 11.2 Å². The van der Waals surface area contributed by atoms with E-state index in [1.165, 1.54) is 0 Å². The Balaban J connectivity index is 1.94. The van der Waals surface area contributed by atoms with E-state index < -0.39 is 0 Å². The molecule has 88 valence electrons. The zero-order valence-corrected chi connectivity index (χ0v) is 9.77. The van der Waals surface area contributed by atoms with Gasteiger partial charge in [0.2, 0.25) is 5.91 Å². The first-order valence-corrected chi connectivity index (χ1v) is 5.66. The number of carbonyl (C=O) groups excluding carboxylic acids is 1. The first-order chi connectivity index (χ1) is 7.68. The molecule has 0 spiro atoms. The van der Waals surface area contributed by atoms with Crippen molar-refractivity contribution in [2.24, 2.45) is 11.8 Å². The third-order valence-corrected chi connectivity index (χ3v) is 3.18. The summed E-state index contributed by atoms with van der Waals surface area (Å²) in [6, 6.07) is 3.73. The van der Waals surface area contributed by atoms with Crippen LogP contribution in [0.4, 0.5) is 0 Å². The molecular formula is C12H18N2O2. The van der Waals surface area contributed by atoms with Crippen molar-refractivity contribution in [2.45, 2.75) is 13.5 Å². The van der Waals surface area contributed by atoms with Crippen molar-refractivity contribution in [3.63, 3.8) is 0 Å². The van der Waals surface area contributed by atoms with E-state index in [9.17, 15) is 4.79 Å². The van der Waals surface area contributed by atoms with Gasteiger partial charge in [-0.2, -0.15) is 0 Å². The van der Waals surface area contributed by atoms with Gasteiger partial charge in [0.1, 0.15) is 5.76 Å². The Labute approximate surface area is 95.6 Å². The van der Waals surface area contributed by atoms with E-state index in [-0.39, 0.29) is 11.8 Å². The molecule has 2 atom stereocenters. The third-order valence-electron chi connectivity index (χ3n) is 3.18. The summed E-state index contributed by atoms with van der Waals surface area (Å²) in [5.74, 6) is 1.56. The lowest BCUT2D eigenvalue weighted by molar-refractivity contribution is -0.135. The van der Waals surface area contributed by atoms with Gasteiger partial charge in [0.25, 0.3) is 0 Å². The zero-order valence-electron chi connectivity index (χ0n) is 9.77. The van der Waals surface area contributed by atoms with Crippen LogP contribution in [0, 0.1) is 11.8 Å². The smallest absolute Gasteiger partial charge is 0.227 e. The summed E-state index contributed by atoms with van der Waals surface area (Å²) in [7, 11) is 1.83. The van der Waals surface area contributed by atoms with Crippen LogP contribution in [0.15, 0.2) is 22.8 Å². The molecule has 1 amide bonds. The highest BCUT2D eigenvalue weighted by atomic mass is 16.3. The van der Waals surface area contributed by atoms with Gasteiger partial charge in [0.15, 0.2) is 0 Å². The standard InChI is InChI=1S/C12H18N2O2/c1-9-6-13-7-11(9)12(15)14(2)8-10-4-3-5-16-10/h3-5,9,11,13H,6-8H2,1-2H3/t9-,11-/m1/s1. The molecule has 1 aromatic rings. The van der Waals surface area contributed by atoms with Crippen LogP contribution >= 0.6 is 0 Å². The second-order valence-corrected chi connectivity index (χ2v) is 4.52. The van der Waals surface area contributed by atoms with Gasteiger partial charge < -0.3 is 14.6 Å². The molecule has 2 heterocycles. The zero-order chi connectivity index (χ0) is 11.5. The summed E-state index contributed by atoms with van der Waals surface area (Å²) < 4.78 is 5.23. The number of carbonyl (C=O) groups is 1. The summed E-state index contributed by atoms with van der Waals surface area (Å²) in [5.41, 5.74) is 0. The van der Waals surface area contributed by atoms with E-state index in [1.807, 2.05) is 19.2 Å². The summed E-state index contributed by atoms with van der Waals surface area (Å²) >= 11 is 0. The monoisotopic (exact) mass is 222 g/mol. The number of furan rings is 1. The van der Waals surface area contributed by atoms with Crippen LogP contribution in [0.2, 0.25) is 0 Å². The molecule has 0 saturated carbocycles. The minimum atomic E-state index is 0.111. The van der Waals surface area contributed by atoms with E-state index in [4.69, 9.17) is 4.42 Å². The molecule has 1 saturated heterocycles. The molecule has 0 unspecified atom stereocenters. The van der Waals surface area contributed by atoms with Crippen molar-refractivity contribution >= 4 is 5.91 Å². The second kappa shape index (κ2) is 4.70. The van der Waals surface area contributed by atoms with E-state index in [0.717, 1.165) is 18.8 Å². The lowest BCUT2D eigenvalue weighted by Crippen LogP contribution is -2.35. The lowest BCUT2D eigenvalue weighted by atomic mass is 9.97. The summed E-state index contributed by atoms with van der Waals surface area (Å²) in [6.07, 6.45) is 1.63. The average molecular weight is 222 g/mol. The van der Waals surface area contributed by atoms with Crippen LogP contribution < -0.4 is 5.32 Å². The highest BCUT2D eigenvalue weighted by Crippen LogP contribution is 2.19.